The molecule has 0 saturated heterocycles. The fourth-order valence-corrected chi connectivity index (χ4v) is 2.15. The highest BCUT2D eigenvalue weighted by Crippen LogP contribution is 2.34. The van der Waals surface area contributed by atoms with Gasteiger partial charge in [0, 0.05) is 5.56 Å². The third-order valence-corrected chi connectivity index (χ3v) is 3.06. The number of hydrogen-bond acceptors (Lipinski definition) is 4. The minimum atomic E-state index is -0.261. The molecule has 0 saturated carbocycles. The van der Waals surface area contributed by atoms with Gasteiger partial charge in [-0.2, -0.15) is 5.26 Å². The molecule has 1 aliphatic heterocycles. The lowest BCUT2D eigenvalue weighted by molar-refractivity contribution is -0.120. The molecule has 0 bridgehead atoms. The Bertz CT molecular complexity index is 508. The van der Waals surface area contributed by atoms with Gasteiger partial charge in [0.15, 0.2) is 0 Å². The van der Waals surface area contributed by atoms with Crippen molar-refractivity contribution in [3.05, 3.63) is 23.8 Å². The van der Waals surface area contributed by atoms with Crippen LogP contribution in [0.2, 0.25) is 0 Å². The predicted octanol–water partition coefficient (Wildman–Crippen LogP) is 1.94. The number of nitrogens with zero attached hydrogens (tertiary/aromatic N) is 1. The highest BCUT2D eigenvalue weighted by molar-refractivity contribution is 5.78. The van der Waals surface area contributed by atoms with Crippen LogP contribution in [0.15, 0.2) is 18.2 Å². The summed E-state index contributed by atoms with van der Waals surface area (Å²) < 4.78 is 10.8. The topological polar surface area (TPSA) is 71.3 Å². The molecule has 1 aromatic carbocycles. The van der Waals surface area contributed by atoms with Crippen LogP contribution >= 0.6 is 0 Å². The van der Waals surface area contributed by atoms with Crippen LogP contribution in [0.5, 0.6) is 11.5 Å². The van der Waals surface area contributed by atoms with E-state index in [4.69, 9.17) is 14.7 Å². The zero-order valence-electron chi connectivity index (χ0n) is 10.8. The number of hydrogen-bond donors (Lipinski definition) is 1. The lowest BCUT2D eigenvalue weighted by Gasteiger charge is -2.18. The van der Waals surface area contributed by atoms with Crippen LogP contribution in [-0.2, 0) is 4.79 Å². The zero-order valence-corrected chi connectivity index (χ0v) is 10.8. The summed E-state index contributed by atoms with van der Waals surface area (Å²) in [6.45, 7) is 0.629. The summed E-state index contributed by atoms with van der Waals surface area (Å²) in [6.07, 6.45) is 1.52. The summed E-state index contributed by atoms with van der Waals surface area (Å²) in [5.41, 5.74) is 0.906. The van der Waals surface area contributed by atoms with E-state index in [2.05, 4.69) is 5.32 Å². The first kappa shape index (κ1) is 13.2. The van der Waals surface area contributed by atoms with Gasteiger partial charge in [-0.3, -0.25) is 4.79 Å². The molecule has 1 atom stereocenters. The Labute approximate surface area is 112 Å². The van der Waals surface area contributed by atoms with E-state index in [1.165, 1.54) is 0 Å². The van der Waals surface area contributed by atoms with Crippen molar-refractivity contribution in [1.29, 1.82) is 5.26 Å². The molecule has 0 aliphatic carbocycles. The molecule has 1 amide bonds. The Morgan fingerprint density at radius 2 is 2.47 bits per heavy atom. The van der Waals surface area contributed by atoms with E-state index in [-0.39, 0.29) is 18.4 Å². The standard InChI is InChI=1S/C14H16N2O3/c1-18-10-4-5-13-11(9-10)12(3-2-8-19-13)16-14(17)6-7-15/h4-5,9,12H,2-3,6,8H2,1H3,(H,16,17). The summed E-state index contributed by atoms with van der Waals surface area (Å²) in [7, 11) is 1.60. The van der Waals surface area contributed by atoms with Crippen molar-refractivity contribution in [3.8, 4) is 17.6 Å². The summed E-state index contributed by atoms with van der Waals surface area (Å²) in [4.78, 5) is 11.6. The number of benzene rings is 1. The molecule has 1 aliphatic rings. The Balaban J connectivity index is 2.25. The van der Waals surface area contributed by atoms with E-state index in [1.807, 2.05) is 24.3 Å². The minimum absolute atomic E-state index is 0.128. The van der Waals surface area contributed by atoms with Crippen molar-refractivity contribution in [3.63, 3.8) is 0 Å². The van der Waals surface area contributed by atoms with Crippen molar-refractivity contribution >= 4 is 5.91 Å². The number of ether oxygens (including phenoxy) is 2. The van der Waals surface area contributed by atoms with Gasteiger partial charge in [-0.15, -0.1) is 0 Å². The maximum Gasteiger partial charge on any atom is 0.234 e. The Morgan fingerprint density at radius 3 is 3.21 bits per heavy atom. The molecule has 0 aromatic heterocycles. The number of amides is 1. The van der Waals surface area contributed by atoms with Crippen LogP contribution in [0.4, 0.5) is 0 Å². The second-order valence-electron chi connectivity index (χ2n) is 4.35. The van der Waals surface area contributed by atoms with Crippen LogP contribution in [0.3, 0.4) is 0 Å². The van der Waals surface area contributed by atoms with Crippen molar-refractivity contribution in [1.82, 2.24) is 5.32 Å². The lowest BCUT2D eigenvalue weighted by Crippen LogP contribution is -2.27. The molecular formula is C14H16N2O3. The highest BCUT2D eigenvalue weighted by Gasteiger charge is 2.22. The van der Waals surface area contributed by atoms with Crippen molar-refractivity contribution in [2.75, 3.05) is 13.7 Å². The molecular weight excluding hydrogens is 244 g/mol. The molecule has 0 spiro atoms. The molecule has 0 fully saturated rings. The van der Waals surface area contributed by atoms with Gasteiger partial charge in [0.1, 0.15) is 17.9 Å². The number of rotatable bonds is 3. The van der Waals surface area contributed by atoms with Gasteiger partial charge >= 0.3 is 0 Å². The van der Waals surface area contributed by atoms with Gasteiger partial charge < -0.3 is 14.8 Å². The Morgan fingerprint density at radius 1 is 1.63 bits per heavy atom. The number of fused-ring (bicyclic) bond motifs is 1. The smallest absolute Gasteiger partial charge is 0.234 e. The number of carbonyl (C=O) groups excluding carboxylic acids is 1. The summed E-state index contributed by atoms with van der Waals surface area (Å²) in [5.74, 6) is 1.23. The third kappa shape index (κ3) is 3.16. The Hall–Kier alpha value is -2.22. The average molecular weight is 260 g/mol. The van der Waals surface area contributed by atoms with E-state index < -0.39 is 0 Å². The van der Waals surface area contributed by atoms with Crippen LogP contribution < -0.4 is 14.8 Å². The first-order valence-electron chi connectivity index (χ1n) is 6.21. The molecule has 0 radical (unpaired) electrons. The summed E-state index contributed by atoms with van der Waals surface area (Å²) in [5, 5.41) is 11.4. The quantitative estimate of drug-likeness (QED) is 0.901. The largest absolute Gasteiger partial charge is 0.497 e. The SMILES string of the molecule is COc1ccc2c(c1)C(NC(=O)CC#N)CCCO2. The maximum atomic E-state index is 11.6. The molecule has 2 rings (SSSR count). The fraction of sp³-hybridized carbons (Fsp3) is 0.429. The van der Waals surface area contributed by atoms with Crippen molar-refractivity contribution < 1.29 is 14.3 Å². The first-order valence-corrected chi connectivity index (χ1v) is 6.21. The van der Waals surface area contributed by atoms with Crippen molar-refractivity contribution in [2.45, 2.75) is 25.3 Å². The predicted molar refractivity (Wildman–Crippen MR) is 68.8 cm³/mol. The van der Waals surface area contributed by atoms with Crippen LogP contribution in [0.25, 0.3) is 0 Å². The van der Waals surface area contributed by atoms with E-state index in [9.17, 15) is 4.79 Å². The van der Waals surface area contributed by atoms with Crippen LogP contribution in [0.1, 0.15) is 30.9 Å². The van der Waals surface area contributed by atoms with E-state index in [0.29, 0.717) is 6.61 Å². The molecule has 100 valence electrons. The van der Waals surface area contributed by atoms with Crippen LogP contribution in [-0.4, -0.2) is 19.6 Å². The van der Waals surface area contributed by atoms with Gasteiger partial charge in [0.25, 0.3) is 0 Å². The van der Waals surface area contributed by atoms with Gasteiger partial charge in [0.05, 0.1) is 25.8 Å². The second kappa shape index (κ2) is 6.10. The molecule has 1 N–H and O–H groups in total. The highest BCUT2D eigenvalue weighted by atomic mass is 16.5. The third-order valence-electron chi connectivity index (χ3n) is 3.06. The molecule has 1 aromatic rings. The number of carbonyl (C=O) groups is 1. The maximum absolute atomic E-state index is 11.6. The zero-order chi connectivity index (χ0) is 13.7. The monoisotopic (exact) mass is 260 g/mol. The first-order chi connectivity index (χ1) is 9.24. The van der Waals surface area contributed by atoms with E-state index in [0.717, 1.165) is 29.9 Å². The van der Waals surface area contributed by atoms with Crippen molar-refractivity contribution in [2.24, 2.45) is 0 Å². The number of methoxy groups -OCH3 is 1. The van der Waals surface area contributed by atoms with E-state index >= 15 is 0 Å². The second-order valence-corrected chi connectivity index (χ2v) is 4.35. The van der Waals surface area contributed by atoms with Gasteiger partial charge in [-0.05, 0) is 31.0 Å². The number of nitriles is 1. The molecule has 5 heteroatoms. The fourth-order valence-electron chi connectivity index (χ4n) is 2.15. The minimum Gasteiger partial charge on any atom is -0.497 e. The molecule has 1 unspecified atom stereocenters. The molecule has 5 nitrogen and oxygen atoms in total. The molecule has 1 heterocycles. The van der Waals surface area contributed by atoms with Gasteiger partial charge in [-0.1, -0.05) is 0 Å². The average Bonchev–Trinajstić information content (AvgIpc) is 2.61. The lowest BCUT2D eigenvalue weighted by atomic mass is 10.0. The normalized spacial score (nSPS) is 17.4. The van der Waals surface area contributed by atoms with Gasteiger partial charge in [-0.25, -0.2) is 0 Å². The summed E-state index contributed by atoms with van der Waals surface area (Å²) in [6, 6.07) is 7.27. The Kier molecular flexibility index (Phi) is 4.24. The molecule has 19 heavy (non-hydrogen) atoms. The van der Waals surface area contributed by atoms with Gasteiger partial charge in [0.2, 0.25) is 5.91 Å². The van der Waals surface area contributed by atoms with E-state index in [1.54, 1.807) is 7.11 Å². The van der Waals surface area contributed by atoms with Crippen LogP contribution in [0, 0.1) is 11.3 Å². The summed E-state index contributed by atoms with van der Waals surface area (Å²) >= 11 is 0. The number of nitrogens with one attached hydrogen (secondary N) is 1.